The number of rotatable bonds is 3. The van der Waals surface area contributed by atoms with Crippen molar-refractivity contribution in [3.8, 4) is 0 Å². The van der Waals surface area contributed by atoms with Gasteiger partial charge in [-0.3, -0.25) is 4.90 Å². The minimum Gasteiger partial charge on any atom is -0.401 e. The summed E-state index contributed by atoms with van der Waals surface area (Å²) in [4.78, 5) is 4.67. The van der Waals surface area contributed by atoms with E-state index in [1.165, 1.54) is 0 Å². The average Bonchev–Trinajstić information content (AvgIpc) is 2.06. The molecular weight excluding hydrogens is 176 g/mol. The molecule has 1 heterocycles. The summed E-state index contributed by atoms with van der Waals surface area (Å²) in [5, 5.41) is 0. The minimum absolute atomic E-state index is 0.272. The highest BCUT2D eigenvalue weighted by molar-refractivity contribution is 4.93. The molecule has 0 radical (unpaired) electrons. The molecule has 0 aromatic carbocycles. The Bertz CT molecular complexity index is 188. The molecule has 82 valence electrons. The van der Waals surface area contributed by atoms with Crippen LogP contribution >= 0.6 is 0 Å². The van der Waals surface area contributed by atoms with Crippen molar-refractivity contribution in [2.45, 2.75) is 19.9 Å². The number of hydrogen-bond donors (Lipinski definition) is 2. The quantitative estimate of drug-likeness (QED) is 0.658. The molecule has 1 fully saturated rings. The van der Waals surface area contributed by atoms with Crippen molar-refractivity contribution >= 4 is 0 Å². The molecule has 14 heavy (non-hydrogen) atoms. The van der Waals surface area contributed by atoms with Crippen molar-refractivity contribution in [3.63, 3.8) is 0 Å². The van der Waals surface area contributed by atoms with Gasteiger partial charge in [-0.15, -0.1) is 0 Å². The highest BCUT2D eigenvalue weighted by Gasteiger charge is 2.15. The van der Waals surface area contributed by atoms with Crippen molar-refractivity contribution in [1.82, 2.24) is 9.80 Å². The van der Waals surface area contributed by atoms with Gasteiger partial charge in [0, 0.05) is 50.7 Å². The lowest BCUT2D eigenvalue weighted by Gasteiger charge is -2.35. The zero-order chi connectivity index (χ0) is 10.6. The van der Waals surface area contributed by atoms with E-state index < -0.39 is 0 Å². The number of nitrogens with zero attached hydrogens (tertiary/aromatic N) is 2. The second-order valence-corrected chi connectivity index (χ2v) is 4.19. The average molecular weight is 198 g/mol. The van der Waals surface area contributed by atoms with Crippen molar-refractivity contribution in [2.75, 3.05) is 32.7 Å². The van der Waals surface area contributed by atoms with E-state index in [0.29, 0.717) is 0 Å². The van der Waals surface area contributed by atoms with Crippen LogP contribution in [-0.4, -0.2) is 48.6 Å². The van der Waals surface area contributed by atoms with Crippen LogP contribution < -0.4 is 11.5 Å². The molecule has 0 aliphatic carbocycles. The fraction of sp³-hybridized carbons (Fsp3) is 0.800. The van der Waals surface area contributed by atoms with Gasteiger partial charge in [-0.05, 0) is 13.8 Å². The van der Waals surface area contributed by atoms with E-state index in [1.807, 2.05) is 13.1 Å². The first kappa shape index (κ1) is 11.3. The Kier molecular flexibility index (Phi) is 4.22. The van der Waals surface area contributed by atoms with Gasteiger partial charge in [-0.1, -0.05) is 0 Å². The summed E-state index contributed by atoms with van der Waals surface area (Å²) in [5.74, 6) is 0. The molecule has 0 saturated carbocycles. The van der Waals surface area contributed by atoms with E-state index in [-0.39, 0.29) is 6.04 Å². The highest BCUT2D eigenvalue weighted by Crippen LogP contribution is 2.03. The standard InChI is InChI=1S/C10H22N4/c1-9(11)7-13-3-5-14(6-4-13)8-10(2)12/h7,10H,3-6,8,11-12H2,1-2H3/b9-7+. The van der Waals surface area contributed by atoms with Gasteiger partial charge in [0.05, 0.1) is 0 Å². The first-order valence-corrected chi connectivity index (χ1v) is 5.24. The summed E-state index contributed by atoms with van der Waals surface area (Å²) in [5.41, 5.74) is 12.3. The summed E-state index contributed by atoms with van der Waals surface area (Å²) in [6.45, 7) is 9.27. The number of piperazine rings is 1. The van der Waals surface area contributed by atoms with Crippen molar-refractivity contribution in [1.29, 1.82) is 0 Å². The van der Waals surface area contributed by atoms with Crippen molar-refractivity contribution < 1.29 is 0 Å². The third-order valence-corrected chi connectivity index (χ3v) is 2.34. The Labute approximate surface area is 86.5 Å². The fourth-order valence-electron chi connectivity index (χ4n) is 1.77. The molecule has 0 amide bonds. The monoisotopic (exact) mass is 198 g/mol. The van der Waals surface area contributed by atoms with E-state index >= 15 is 0 Å². The van der Waals surface area contributed by atoms with E-state index in [2.05, 4.69) is 16.7 Å². The zero-order valence-corrected chi connectivity index (χ0v) is 9.24. The highest BCUT2D eigenvalue weighted by atomic mass is 15.3. The first-order valence-electron chi connectivity index (χ1n) is 5.24. The predicted molar refractivity (Wildman–Crippen MR) is 59.6 cm³/mol. The topological polar surface area (TPSA) is 58.5 Å². The molecule has 1 aliphatic rings. The van der Waals surface area contributed by atoms with Gasteiger partial charge in [0.25, 0.3) is 0 Å². The molecule has 0 bridgehead atoms. The van der Waals surface area contributed by atoms with Gasteiger partial charge in [0.15, 0.2) is 0 Å². The zero-order valence-electron chi connectivity index (χ0n) is 9.24. The van der Waals surface area contributed by atoms with Crippen LogP contribution in [0.5, 0.6) is 0 Å². The molecule has 1 saturated heterocycles. The van der Waals surface area contributed by atoms with Gasteiger partial charge in [-0.25, -0.2) is 0 Å². The van der Waals surface area contributed by atoms with Gasteiger partial charge in [-0.2, -0.15) is 0 Å². The second-order valence-electron chi connectivity index (χ2n) is 4.19. The van der Waals surface area contributed by atoms with Gasteiger partial charge >= 0.3 is 0 Å². The molecule has 4 heteroatoms. The summed E-state index contributed by atoms with van der Waals surface area (Å²) < 4.78 is 0. The Balaban J connectivity index is 2.28. The number of hydrogen-bond acceptors (Lipinski definition) is 4. The molecule has 0 aromatic heterocycles. The molecule has 1 aliphatic heterocycles. The molecule has 0 aromatic rings. The molecular formula is C10H22N4. The third kappa shape index (κ3) is 3.98. The molecule has 4 nitrogen and oxygen atoms in total. The van der Waals surface area contributed by atoms with E-state index in [9.17, 15) is 0 Å². The molecule has 1 unspecified atom stereocenters. The molecule has 0 spiro atoms. The van der Waals surface area contributed by atoms with E-state index in [0.717, 1.165) is 38.4 Å². The Morgan fingerprint density at radius 2 is 1.93 bits per heavy atom. The Morgan fingerprint density at radius 1 is 1.36 bits per heavy atom. The fourth-order valence-corrected chi connectivity index (χ4v) is 1.77. The van der Waals surface area contributed by atoms with Crippen LogP contribution in [0, 0.1) is 0 Å². The lowest BCUT2D eigenvalue weighted by Crippen LogP contribution is -2.47. The third-order valence-electron chi connectivity index (χ3n) is 2.34. The van der Waals surface area contributed by atoms with Crippen molar-refractivity contribution in [3.05, 3.63) is 11.9 Å². The Hall–Kier alpha value is -0.740. The maximum Gasteiger partial charge on any atom is 0.0301 e. The van der Waals surface area contributed by atoms with Gasteiger partial charge in [0.2, 0.25) is 0 Å². The van der Waals surface area contributed by atoms with Crippen LogP contribution in [0.2, 0.25) is 0 Å². The van der Waals surface area contributed by atoms with Crippen LogP contribution in [0.3, 0.4) is 0 Å². The second kappa shape index (κ2) is 5.22. The van der Waals surface area contributed by atoms with Crippen LogP contribution in [0.4, 0.5) is 0 Å². The van der Waals surface area contributed by atoms with Crippen LogP contribution in [0.25, 0.3) is 0 Å². The van der Waals surface area contributed by atoms with Crippen LogP contribution in [0.1, 0.15) is 13.8 Å². The first-order chi connectivity index (χ1) is 6.58. The summed E-state index contributed by atoms with van der Waals surface area (Å²) >= 11 is 0. The van der Waals surface area contributed by atoms with E-state index in [4.69, 9.17) is 11.5 Å². The lowest BCUT2D eigenvalue weighted by atomic mass is 10.2. The molecule has 4 N–H and O–H groups in total. The Morgan fingerprint density at radius 3 is 2.36 bits per heavy atom. The summed E-state index contributed by atoms with van der Waals surface area (Å²) in [6.07, 6.45) is 2.03. The number of nitrogens with two attached hydrogens (primary N) is 2. The maximum atomic E-state index is 5.75. The van der Waals surface area contributed by atoms with Crippen molar-refractivity contribution in [2.24, 2.45) is 11.5 Å². The molecule has 1 atom stereocenters. The minimum atomic E-state index is 0.272. The lowest BCUT2D eigenvalue weighted by molar-refractivity contribution is 0.162. The summed E-state index contributed by atoms with van der Waals surface area (Å²) in [6, 6.07) is 0.272. The summed E-state index contributed by atoms with van der Waals surface area (Å²) in [7, 11) is 0. The normalized spacial score (nSPS) is 22.5. The predicted octanol–water partition coefficient (Wildman–Crippen LogP) is -0.229. The largest absolute Gasteiger partial charge is 0.401 e. The van der Waals surface area contributed by atoms with E-state index in [1.54, 1.807) is 0 Å². The smallest absolute Gasteiger partial charge is 0.0301 e. The van der Waals surface area contributed by atoms with Gasteiger partial charge < -0.3 is 16.4 Å². The van der Waals surface area contributed by atoms with Crippen LogP contribution in [0.15, 0.2) is 11.9 Å². The SMILES string of the molecule is C/C(N)=C\N1CCN(CC(C)N)CC1. The maximum absolute atomic E-state index is 5.75. The van der Waals surface area contributed by atoms with Gasteiger partial charge in [0.1, 0.15) is 0 Å². The number of allylic oxidation sites excluding steroid dienone is 1. The molecule has 1 rings (SSSR count). The van der Waals surface area contributed by atoms with Crippen LogP contribution in [-0.2, 0) is 0 Å².